The molecule has 0 saturated carbocycles. The predicted octanol–water partition coefficient (Wildman–Crippen LogP) is 4.36. The number of aryl methyl sites for hydroxylation is 2. The Balaban J connectivity index is 1.81. The molecule has 1 aromatic heterocycles. The van der Waals surface area contributed by atoms with Gasteiger partial charge in [0.2, 0.25) is 0 Å². The van der Waals surface area contributed by atoms with Crippen LogP contribution in [-0.2, 0) is 11.2 Å². The Morgan fingerprint density at radius 2 is 2.00 bits per heavy atom. The molecule has 28 heavy (non-hydrogen) atoms. The summed E-state index contributed by atoms with van der Waals surface area (Å²) in [7, 11) is 0. The van der Waals surface area contributed by atoms with Gasteiger partial charge in [-0.1, -0.05) is 23.8 Å². The quantitative estimate of drug-likeness (QED) is 0.732. The lowest BCUT2D eigenvalue weighted by Gasteiger charge is -2.08. The molecule has 0 spiro atoms. The molecular formula is C23H20O5. The zero-order chi connectivity index (χ0) is 19.8. The third kappa shape index (κ3) is 3.31. The number of fused-ring (bicyclic) bond motifs is 2. The highest BCUT2D eigenvalue weighted by Gasteiger charge is 2.24. The molecule has 5 heteroatoms. The molecule has 5 nitrogen and oxygen atoms in total. The maximum atomic E-state index is 12.9. The molecule has 1 aliphatic carbocycles. The standard InChI is InChI=1S/C23H20O5/c1-13-3-4-14(2)16(9-13)10-15-5-7-19-22(26)18-8-6-17(27-12-21(24)25)11-20(18)28-23(15)19/h3-4,6,8-11H,5,7,12H2,1-2H3,(H,24,25). The lowest BCUT2D eigenvalue weighted by molar-refractivity contribution is -0.139. The average Bonchev–Trinajstić information content (AvgIpc) is 3.06. The average molecular weight is 376 g/mol. The highest BCUT2D eigenvalue weighted by molar-refractivity contribution is 5.88. The van der Waals surface area contributed by atoms with Crippen LogP contribution in [0.2, 0.25) is 0 Å². The Bertz CT molecular complexity index is 1180. The van der Waals surface area contributed by atoms with E-state index in [9.17, 15) is 9.59 Å². The van der Waals surface area contributed by atoms with Crippen LogP contribution in [-0.4, -0.2) is 17.7 Å². The molecule has 0 unspecified atom stereocenters. The number of carbonyl (C=O) groups is 1. The predicted molar refractivity (Wildman–Crippen MR) is 108 cm³/mol. The van der Waals surface area contributed by atoms with Crippen molar-refractivity contribution in [1.82, 2.24) is 0 Å². The second-order valence-electron chi connectivity index (χ2n) is 7.11. The largest absolute Gasteiger partial charge is 0.482 e. The first-order valence-electron chi connectivity index (χ1n) is 9.15. The molecule has 1 N–H and O–H groups in total. The molecule has 4 rings (SSSR count). The molecule has 142 valence electrons. The van der Waals surface area contributed by atoms with Crippen LogP contribution >= 0.6 is 0 Å². The number of ether oxygens (including phenoxy) is 1. The molecule has 0 saturated heterocycles. The molecule has 0 atom stereocenters. The van der Waals surface area contributed by atoms with Gasteiger partial charge < -0.3 is 14.3 Å². The smallest absolute Gasteiger partial charge is 0.341 e. The summed E-state index contributed by atoms with van der Waals surface area (Å²) < 4.78 is 11.3. The van der Waals surface area contributed by atoms with Crippen molar-refractivity contribution in [2.75, 3.05) is 6.61 Å². The molecular weight excluding hydrogens is 356 g/mol. The van der Waals surface area contributed by atoms with E-state index in [2.05, 4.69) is 38.1 Å². The van der Waals surface area contributed by atoms with E-state index in [-0.39, 0.29) is 5.43 Å². The van der Waals surface area contributed by atoms with Gasteiger partial charge in [-0.2, -0.15) is 0 Å². The minimum atomic E-state index is -1.06. The topological polar surface area (TPSA) is 76.7 Å². The van der Waals surface area contributed by atoms with Crippen LogP contribution in [0.3, 0.4) is 0 Å². The van der Waals surface area contributed by atoms with Crippen molar-refractivity contribution in [3.05, 3.63) is 74.6 Å². The fraction of sp³-hybridized carbons (Fsp3) is 0.217. The number of carboxylic acids is 1. The van der Waals surface area contributed by atoms with Gasteiger partial charge in [0.15, 0.2) is 12.0 Å². The maximum Gasteiger partial charge on any atom is 0.341 e. The van der Waals surface area contributed by atoms with Crippen molar-refractivity contribution < 1.29 is 19.1 Å². The lowest BCUT2D eigenvalue weighted by atomic mass is 10.0. The highest BCUT2D eigenvalue weighted by atomic mass is 16.5. The van der Waals surface area contributed by atoms with Gasteiger partial charge >= 0.3 is 5.97 Å². The zero-order valence-electron chi connectivity index (χ0n) is 15.7. The molecule has 2 aromatic carbocycles. The van der Waals surface area contributed by atoms with Gasteiger partial charge in [0.25, 0.3) is 0 Å². The molecule has 0 fully saturated rings. The molecule has 3 aromatic rings. The van der Waals surface area contributed by atoms with Crippen LogP contribution in [0, 0.1) is 13.8 Å². The number of aliphatic carboxylic acids is 1. The van der Waals surface area contributed by atoms with Crippen LogP contribution < -0.4 is 10.2 Å². The Morgan fingerprint density at radius 1 is 1.18 bits per heavy atom. The van der Waals surface area contributed by atoms with Crippen molar-refractivity contribution in [3.63, 3.8) is 0 Å². The molecule has 1 aliphatic rings. The van der Waals surface area contributed by atoms with Crippen molar-refractivity contribution >= 4 is 28.6 Å². The Hall–Kier alpha value is -3.34. The molecule has 0 radical (unpaired) electrons. The molecule has 0 aliphatic heterocycles. The van der Waals surface area contributed by atoms with Crippen LogP contribution in [0.15, 0.2) is 45.6 Å². The Kier molecular flexibility index (Phi) is 4.51. The van der Waals surface area contributed by atoms with E-state index in [0.29, 0.717) is 34.5 Å². The second kappa shape index (κ2) is 7.00. The lowest BCUT2D eigenvalue weighted by Crippen LogP contribution is -2.10. The van der Waals surface area contributed by atoms with Crippen molar-refractivity contribution in [2.24, 2.45) is 0 Å². The monoisotopic (exact) mass is 376 g/mol. The highest BCUT2D eigenvalue weighted by Crippen LogP contribution is 2.35. The van der Waals surface area contributed by atoms with Gasteiger partial charge in [0, 0.05) is 11.6 Å². The first-order chi connectivity index (χ1) is 13.4. The van der Waals surface area contributed by atoms with Crippen molar-refractivity contribution in [2.45, 2.75) is 26.7 Å². The summed E-state index contributed by atoms with van der Waals surface area (Å²) in [5, 5.41) is 9.25. The van der Waals surface area contributed by atoms with Gasteiger partial charge in [-0.05, 0) is 61.6 Å². The summed E-state index contributed by atoms with van der Waals surface area (Å²) >= 11 is 0. The van der Waals surface area contributed by atoms with E-state index in [1.54, 1.807) is 18.2 Å². The number of rotatable bonds is 4. The molecule has 0 amide bonds. The Labute approximate surface area is 161 Å². The minimum Gasteiger partial charge on any atom is -0.482 e. The molecule has 0 bridgehead atoms. The number of hydrogen-bond acceptors (Lipinski definition) is 4. The van der Waals surface area contributed by atoms with E-state index in [1.165, 1.54) is 11.1 Å². The number of carboxylic acid groups (broad SMARTS) is 1. The maximum absolute atomic E-state index is 12.9. The van der Waals surface area contributed by atoms with E-state index in [4.69, 9.17) is 14.3 Å². The first-order valence-corrected chi connectivity index (χ1v) is 9.15. The first kappa shape index (κ1) is 18.0. The summed E-state index contributed by atoms with van der Waals surface area (Å²) in [5.41, 5.74) is 5.52. The summed E-state index contributed by atoms with van der Waals surface area (Å²) in [5.74, 6) is -0.0842. The van der Waals surface area contributed by atoms with E-state index < -0.39 is 12.6 Å². The normalized spacial score (nSPS) is 14.4. The van der Waals surface area contributed by atoms with Crippen LogP contribution in [0.4, 0.5) is 0 Å². The third-order valence-corrected chi connectivity index (χ3v) is 5.02. The van der Waals surface area contributed by atoms with Crippen LogP contribution in [0.5, 0.6) is 5.75 Å². The third-order valence-electron chi connectivity index (χ3n) is 5.02. The minimum absolute atomic E-state index is 0.0367. The Morgan fingerprint density at radius 3 is 2.79 bits per heavy atom. The zero-order valence-corrected chi connectivity index (χ0v) is 15.7. The van der Waals surface area contributed by atoms with E-state index >= 15 is 0 Å². The van der Waals surface area contributed by atoms with Crippen LogP contribution in [0.25, 0.3) is 22.6 Å². The van der Waals surface area contributed by atoms with E-state index in [1.807, 2.05) is 0 Å². The summed E-state index contributed by atoms with van der Waals surface area (Å²) in [4.78, 5) is 23.6. The van der Waals surface area contributed by atoms with Crippen LogP contribution in [0.1, 0.15) is 34.4 Å². The SMILES string of the molecule is Cc1ccc(C)c(C=C2CCc3c2oc2cc(OCC(=O)O)ccc2c3=O)c1. The van der Waals surface area contributed by atoms with Gasteiger partial charge in [-0.3, -0.25) is 4.79 Å². The summed E-state index contributed by atoms with van der Waals surface area (Å²) in [6.45, 7) is 3.67. The van der Waals surface area contributed by atoms with Gasteiger partial charge in [0.05, 0.1) is 5.39 Å². The van der Waals surface area contributed by atoms with Crippen molar-refractivity contribution in [3.8, 4) is 5.75 Å². The number of hydrogen-bond donors (Lipinski definition) is 1. The molecule has 1 heterocycles. The van der Waals surface area contributed by atoms with Gasteiger partial charge in [-0.15, -0.1) is 0 Å². The van der Waals surface area contributed by atoms with Gasteiger partial charge in [0.1, 0.15) is 17.1 Å². The van der Waals surface area contributed by atoms with E-state index in [0.717, 1.165) is 17.6 Å². The van der Waals surface area contributed by atoms with Gasteiger partial charge in [-0.25, -0.2) is 4.79 Å². The number of allylic oxidation sites excluding steroid dienone is 1. The van der Waals surface area contributed by atoms with Crippen molar-refractivity contribution in [1.29, 1.82) is 0 Å². The number of benzene rings is 2. The fourth-order valence-electron chi connectivity index (χ4n) is 3.55. The fourth-order valence-corrected chi connectivity index (χ4v) is 3.55. The summed E-state index contributed by atoms with van der Waals surface area (Å²) in [6.07, 6.45) is 3.50. The summed E-state index contributed by atoms with van der Waals surface area (Å²) in [6, 6.07) is 11.1. The second-order valence-corrected chi connectivity index (χ2v) is 7.11.